The third-order valence-electron chi connectivity index (χ3n) is 3.03. The van der Waals surface area contributed by atoms with E-state index in [1.54, 1.807) is 7.11 Å². The fourth-order valence-corrected chi connectivity index (χ4v) is 3.10. The Hall–Kier alpha value is -0.490. The molecule has 1 saturated heterocycles. The molecular weight excluding hydrogens is 234 g/mol. The van der Waals surface area contributed by atoms with E-state index >= 15 is 0 Å². The maximum Gasteiger partial charge on any atom is 0.0954 e. The van der Waals surface area contributed by atoms with Gasteiger partial charge in [-0.1, -0.05) is 0 Å². The zero-order chi connectivity index (χ0) is 12.1. The van der Waals surface area contributed by atoms with Crippen LogP contribution in [0.3, 0.4) is 0 Å². The molecule has 0 radical (unpaired) electrons. The number of nitrogens with one attached hydrogen (secondary N) is 1. The van der Waals surface area contributed by atoms with Crippen molar-refractivity contribution in [2.75, 3.05) is 39.9 Å². The minimum absolute atomic E-state index is 0.764. The third kappa shape index (κ3) is 3.74. The number of ether oxygens (including phenoxy) is 1. The van der Waals surface area contributed by atoms with E-state index < -0.39 is 0 Å². The SMILES string of the molecule is COCCc1nc(C)c(CN2CCNCC2)s1. The molecule has 0 aliphatic carbocycles. The van der Waals surface area contributed by atoms with Crippen LogP contribution in [0.15, 0.2) is 0 Å². The maximum absolute atomic E-state index is 5.09. The van der Waals surface area contributed by atoms with E-state index in [1.165, 1.54) is 15.6 Å². The van der Waals surface area contributed by atoms with Crippen molar-refractivity contribution < 1.29 is 4.74 Å². The van der Waals surface area contributed by atoms with Crippen molar-refractivity contribution in [1.29, 1.82) is 0 Å². The average molecular weight is 255 g/mol. The van der Waals surface area contributed by atoms with Crippen LogP contribution in [0.4, 0.5) is 0 Å². The molecule has 1 fully saturated rings. The Kier molecular flexibility index (Phi) is 4.91. The molecule has 4 nitrogen and oxygen atoms in total. The molecule has 1 aliphatic heterocycles. The normalized spacial score (nSPS) is 17.5. The van der Waals surface area contributed by atoms with E-state index in [1.807, 2.05) is 11.3 Å². The van der Waals surface area contributed by atoms with Crippen molar-refractivity contribution in [3.05, 3.63) is 15.6 Å². The summed E-state index contributed by atoms with van der Waals surface area (Å²) in [6, 6.07) is 0. The minimum Gasteiger partial charge on any atom is -0.384 e. The predicted molar refractivity (Wildman–Crippen MR) is 70.6 cm³/mol. The first-order chi connectivity index (χ1) is 8.29. The van der Waals surface area contributed by atoms with Crippen LogP contribution in [0.25, 0.3) is 0 Å². The smallest absolute Gasteiger partial charge is 0.0954 e. The molecule has 0 spiro atoms. The number of nitrogens with zero attached hydrogens (tertiary/aromatic N) is 2. The predicted octanol–water partition coefficient (Wildman–Crippen LogP) is 1.05. The fourth-order valence-electron chi connectivity index (χ4n) is 2.00. The van der Waals surface area contributed by atoms with Gasteiger partial charge in [-0.15, -0.1) is 11.3 Å². The molecule has 1 N–H and O–H groups in total. The average Bonchev–Trinajstić information content (AvgIpc) is 2.69. The van der Waals surface area contributed by atoms with Crippen LogP contribution in [0.2, 0.25) is 0 Å². The Labute approximate surface area is 107 Å². The van der Waals surface area contributed by atoms with Gasteiger partial charge in [0.05, 0.1) is 17.3 Å². The number of aromatic nitrogens is 1. The van der Waals surface area contributed by atoms with Gasteiger partial charge in [-0.2, -0.15) is 0 Å². The summed E-state index contributed by atoms with van der Waals surface area (Å²) in [5, 5.41) is 4.58. The Morgan fingerprint density at radius 2 is 2.18 bits per heavy atom. The van der Waals surface area contributed by atoms with Crippen LogP contribution in [-0.4, -0.2) is 49.8 Å². The van der Waals surface area contributed by atoms with Crippen molar-refractivity contribution in [1.82, 2.24) is 15.2 Å². The van der Waals surface area contributed by atoms with Crippen LogP contribution >= 0.6 is 11.3 Å². The molecule has 0 unspecified atom stereocenters. The lowest BCUT2D eigenvalue weighted by Crippen LogP contribution is -2.42. The molecule has 1 aromatic heterocycles. The van der Waals surface area contributed by atoms with Gasteiger partial charge in [0.25, 0.3) is 0 Å². The minimum atomic E-state index is 0.764. The third-order valence-corrected chi connectivity index (χ3v) is 4.24. The lowest BCUT2D eigenvalue weighted by Gasteiger charge is -2.26. The number of hydrogen-bond donors (Lipinski definition) is 1. The van der Waals surface area contributed by atoms with Gasteiger partial charge in [-0.25, -0.2) is 4.98 Å². The number of methoxy groups -OCH3 is 1. The van der Waals surface area contributed by atoms with Crippen LogP contribution in [0.1, 0.15) is 15.6 Å². The number of rotatable bonds is 5. The van der Waals surface area contributed by atoms with Gasteiger partial charge in [0.15, 0.2) is 0 Å². The summed E-state index contributed by atoms with van der Waals surface area (Å²) in [5.41, 5.74) is 1.19. The highest BCUT2D eigenvalue weighted by atomic mass is 32.1. The first-order valence-electron chi connectivity index (χ1n) is 6.17. The Balaban J connectivity index is 1.92. The fraction of sp³-hybridized carbons (Fsp3) is 0.750. The molecule has 17 heavy (non-hydrogen) atoms. The number of piperazine rings is 1. The standard InChI is InChI=1S/C12H21N3OS/c1-10-11(9-15-6-4-13-5-7-15)17-12(14-10)3-8-16-2/h13H,3-9H2,1-2H3. The lowest BCUT2D eigenvalue weighted by molar-refractivity contribution is 0.202. The molecule has 2 rings (SSSR count). The zero-order valence-corrected chi connectivity index (χ0v) is 11.5. The summed E-state index contributed by atoms with van der Waals surface area (Å²) < 4.78 is 5.09. The van der Waals surface area contributed by atoms with Gasteiger partial charge in [-0.3, -0.25) is 4.90 Å². The molecule has 0 saturated carbocycles. The topological polar surface area (TPSA) is 37.4 Å². The van der Waals surface area contributed by atoms with E-state index in [4.69, 9.17) is 4.74 Å². The Bertz CT molecular complexity index is 348. The van der Waals surface area contributed by atoms with Crippen LogP contribution in [-0.2, 0) is 17.7 Å². The van der Waals surface area contributed by atoms with Gasteiger partial charge in [0.2, 0.25) is 0 Å². The first kappa shape index (κ1) is 13.0. The summed E-state index contributed by atoms with van der Waals surface area (Å²) in [6.07, 6.45) is 0.934. The highest BCUT2D eigenvalue weighted by molar-refractivity contribution is 7.11. The molecule has 0 amide bonds. The second-order valence-electron chi connectivity index (χ2n) is 4.39. The maximum atomic E-state index is 5.09. The molecular formula is C12H21N3OS. The quantitative estimate of drug-likeness (QED) is 0.853. The lowest BCUT2D eigenvalue weighted by atomic mass is 10.3. The number of hydrogen-bond acceptors (Lipinski definition) is 5. The summed E-state index contributed by atoms with van der Waals surface area (Å²) in [4.78, 5) is 8.52. The summed E-state index contributed by atoms with van der Waals surface area (Å²) in [5.74, 6) is 0. The molecule has 5 heteroatoms. The summed E-state index contributed by atoms with van der Waals surface area (Å²) in [6.45, 7) is 8.43. The summed E-state index contributed by atoms with van der Waals surface area (Å²) >= 11 is 1.84. The highest BCUT2D eigenvalue weighted by Crippen LogP contribution is 2.20. The van der Waals surface area contributed by atoms with E-state index in [9.17, 15) is 0 Å². The van der Waals surface area contributed by atoms with E-state index in [0.717, 1.165) is 45.8 Å². The molecule has 96 valence electrons. The van der Waals surface area contributed by atoms with E-state index in [-0.39, 0.29) is 0 Å². The van der Waals surface area contributed by atoms with Crippen molar-refractivity contribution in [3.63, 3.8) is 0 Å². The largest absolute Gasteiger partial charge is 0.384 e. The van der Waals surface area contributed by atoms with Crippen molar-refractivity contribution in [3.8, 4) is 0 Å². The van der Waals surface area contributed by atoms with Crippen molar-refractivity contribution in [2.45, 2.75) is 19.9 Å². The first-order valence-corrected chi connectivity index (χ1v) is 6.98. The number of thiazole rings is 1. The Morgan fingerprint density at radius 1 is 1.41 bits per heavy atom. The van der Waals surface area contributed by atoms with Crippen molar-refractivity contribution in [2.24, 2.45) is 0 Å². The second kappa shape index (κ2) is 6.44. The van der Waals surface area contributed by atoms with Gasteiger partial charge in [0.1, 0.15) is 0 Å². The van der Waals surface area contributed by atoms with E-state index in [0.29, 0.717) is 0 Å². The molecule has 2 heterocycles. The van der Waals surface area contributed by atoms with Gasteiger partial charge in [0, 0.05) is 51.1 Å². The van der Waals surface area contributed by atoms with Crippen molar-refractivity contribution >= 4 is 11.3 Å². The molecule has 0 aromatic carbocycles. The Morgan fingerprint density at radius 3 is 2.88 bits per heavy atom. The van der Waals surface area contributed by atoms with Gasteiger partial charge < -0.3 is 10.1 Å². The van der Waals surface area contributed by atoms with Crippen LogP contribution in [0.5, 0.6) is 0 Å². The van der Waals surface area contributed by atoms with Crippen LogP contribution in [0, 0.1) is 6.92 Å². The molecule has 0 atom stereocenters. The molecule has 0 bridgehead atoms. The molecule has 1 aromatic rings. The monoisotopic (exact) mass is 255 g/mol. The molecule has 1 aliphatic rings. The van der Waals surface area contributed by atoms with E-state index in [2.05, 4.69) is 22.1 Å². The second-order valence-corrected chi connectivity index (χ2v) is 5.55. The van der Waals surface area contributed by atoms with Gasteiger partial charge >= 0.3 is 0 Å². The number of aryl methyl sites for hydroxylation is 1. The van der Waals surface area contributed by atoms with Gasteiger partial charge in [-0.05, 0) is 6.92 Å². The highest BCUT2D eigenvalue weighted by Gasteiger charge is 2.14. The summed E-state index contributed by atoms with van der Waals surface area (Å²) in [7, 11) is 1.74. The van der Waals surface area contributed by atoms with Crippen LogP contribution < -0.4 is 5.32 Å². The zero-order valence-electron chi connectivity index (χ0n) is 10.7.